The molecule has 1 aliphatic heterocycles. The molecule has 1 aliphatic rings. The third-order valence-electron chi connectivity index (χ3n) is 6.20. The number of furan rings is 1. The van der Waals surface area contributed by atoms with Crippen molar-refractivity contribution in [2.75, 3.05) is 13.1 Å². The first kappa shape index (κ1) is 18.7. The van der Waals surface area contributed by atoms with Gasteiger partial charge < -0.3 is 18.9 Å². The number of para-hydroxylation sites is 2. The molecular weight excluding hydrogens is 376 g/mol. The largest absolute Gasteiger partial charge is 0.467 e. The molecule has 154 valence electrons. The van der Waals surface area contributed by atoms with Crippen LogP contribution in [0.25, 0.3) is 11.0 Å². The van der Waals surface area contributed by atoms with Gasteiger partial charge in [0.15, 0.2) is 0 Å². The summed E-state index contributed by atoms with van der Waals surface area (Å²) in [4.78, 5) is 23.6. The highest BCUT2D eigenvalue weighted by molar-refractivity contribution is 5.96. The van der Waals surface area contributed by atoms with E-state index in [2.05, 4.69) is 9.55 Å². The van der Waals surface area contributed by atoms with Crippen LogP contribution in [0.2, 0.25) is 0 Å². The molecule has 4 aromatic rings. The van der Waals surface area contributed by atoms with Gasteiger partial charge in [0.25, 0.3) is 5.91 Å². The Kier molecular flexibility index (Phi) is 4.69. The van der Waals surface area contributed by atoms with Crippen molar-refractivity contribution in [3.05, 3.63) is 77.3 Å². The Morgan fingerprint density at radius 2 is 2.10 bits per heavy atom. The van der Waals surface area contributed by atoms with Gasteiger partial charge in [-0.25, -0.2) is 4.98 Å². The predicted octanol–water partition coefficient (Wildman–Crippen LogP) is 4.64. The second-order valence-electron chi connectivity index (χ2n) is 8.18. The van der Waals surface area contributed by atoms with Crippen LogP contribution in [0.15, 0.2) is 53.1 Å². The Hall–Kier alpha value is -3.28. The van der Waals surface area contributed by atoms with Gasteiger partial charge in [-0.15, -0.1) is 0 Å². The molecule has 4 heterocycles. The highest BCUT2D eigenvalue weighted by atomic mass is 16.3. The molecule has 1 fully saturated rings. The minimum atomic E-state index is 0.106. The number of carbonyl (C=O) groups excluding carboxylic acids is 1. The van der Waals surface area contributed by atoms with Crippen LogP contribution in [-0.4, -0.2) is 38.4 Å². The minimum Gasteiger partial charge on any atom is -0.467 e. The van der Waals surface area contributed by atoms with Crippen LogP contribution in [0.1, 0.15) is 52.1 Å². The molecule has 5 rings (SSSR count). The number of hydrogen-bond acceptors (Lipinski definition) is 3. The van der Waals surface area contributed by atoms with Gasteiger partial charge in [0, 0.05) is 30.4 Å². The first-order valence-electron chi connectivity index (χ1n) is 10.5. The van der Waals surface area contributed by atoms with Crippen molar-refractivity contribution in [2.45, 2.75) is 39.2 Å². The molecule has 0 spiro atoms. The number of benzene rings is 1. The Morgan fingerprint density at radius 1 is 1.23 bits per heavy atom. The molecule has 30 heavy (non-hydrogen) atoms. The number of amides is 1. The van der Waals surface area contributed by atoms with Crippen molar-refractivity contribution in [1.82, 2.24) is 19.4 Å². The van der Waals surface area contributed by atoms with Crippen molar-refractivity contribution in [3.8, 4) is 0 Å². The van der Waals surface area contributed by atoms with Crippen molar-refractivity contribution >= 4 is 16.9 Å². The number of nitrogens with zero attached hydrogens (tertiary/aromatic N) is 3. The van der Waals surface area contributed by atoms with E-state index in [-0.39, 0.29) is 11.8 Å². The van der Waals surface area contributed by atoms with E-state index < -0.39 is 0 Å². The third-order valence-corrected chi connectivity index (χ3v) is 6.20. The maximum Gasteiger partial charge on any atom is 0.255 e. The predicted molar refractivity (Wildman–Crippen MR) is 116 cm³/mol. The summed E-state index contributed by atoms with van der Waals surface area (Å²) in [7, 11) is 0. The van der Waals surface area contributed by atoms with Gasteiger partial charge in [-0.3, -0.25) is 4.79 Å². The van der Waals surface area contributed by atoms with Crippen molar-refractivity contribution < 1.29 is 9.21 Å². The third kappa shape index (κ3) is 3.32. The number of aromatic amines is 1. The lowest BCUT2D eigenvalue weighted by molar-refractivity contribution is 0.0704. The number of aryl methyl sites for hydroxylation is 1. The Balaban J connectivity index is 1.37. The first-order valence-corrected chi connectivity index (χ1v) is 10.5. The van der Waals surface area contributed by atoms with Gasteiger partial charge in [-0.05, 0) is 57.0 Å². The summed E-state index contributed by atoms with van der Waals surface area (Å²) in [6, 6.07) is 13.9. The van der Waals surface area contributed by atoms with Gasteiger partial charge in [0.2, 0.25) is 0 Å². The summed E-state index contributed by atoms with van der Waals surface area (Å²) in [6.45, 7) is 6.18. The zero-order chi connectivity index (χ0) is 20.7. The van der Waals surface area contributed by atoms with Crippen LogP contribution < -0.4 is 0 Å². The Bertz CT molecular complexity index is 1150. The molecule has 0 bridgehead atoms. The fourth-order valence-corrected chi connectivity index (χ4v) is 4.54. The van der Waals surface area contributed by atoms with E-state index in [1.165, 1.54) is 0 Å². The van der Waals surface area contributed by atoms with Gasteiger partial charge in [-0.2, -0.15) is 0 Å². The summed E-state index contributed by atoms with van der Waals surface area (Å²) >= 11 is 0. The van der Waals surface area contributed by atoms with Crippen LogP contribution in [0.3, 0.4) is 0 Å². The molecule has 6 nitrogen and oxygen atoms in total. The molecule has 6 heteroatoms. The van der Waals surface area contributed by atoms with Gasteiger partial charge in [0.05, 0.1) is 29.4 Å². The van der Waals surface area contributed by atoms with E-state index in [9.17, 15) is 4.79 Å². The fourth-order valence-electron chi connectivity index (χ4n) is 4.54. The fraction of sp³-hybridized carbons (Fsp3) is 0.333. The Morgan fingerprint density at radius 3 is 2.90 bits per heavy atom. The number of likely N-dealkylation sites (tertiary alicyclic amines) is 1. The van der Waals surface area contributed by atoms with Crippen LogP contribution in [0.4, 0.5) is 0 Å². The van der Waals surface area contributed by atoms with E-state index in [0.717, 1.165) is 59.0 Å². The second kappa shape index (κ2) is 7.52. The van der Waals surface area contributed by atoms with Crippen molar-refractivity contribution in [1.29, 1.82) is 0 Å². The standard InChI is InChI=1S/C24H26N4O2/c1-16-13-20(17(2)28(16)15-19-8-6-12-30-19)24(29)27-11-5-7-18(14-27)23-25-21-9-3-4-10-22(21)26-23/h3-4,6,8-10,12-13,18H,5,7,11,14-15H2,1-2H3,(H,25,26). The zero-order valence-electron chi connectivity index (χ0n) is 17.4. The van der Waals surface area contributed by atoms with Gasteiger partial charge >= 0.3 is 0 Å². The van der Waals surface area contributed by atoms with E-state index >= 15 is 0 Å². The SMILES string of the molecule is Cc1cc(C(=O)N2CCCC(c3nc4ccccc4[nH]3)C2)c(C)n1Cc1ccco1. The lowest BCUT2D eigenvalue weighted by atomic mass is 9.96. The number of H-pyrrole nitrogens is 1. The van der Waals surface area contributed by atoms with Crippen LogP contribution in [0.5, 0.6) is 0 Å². The zero-order valence-corrected chi connectivity index (χ0v) is 17.4. The number of nitrogens with one attached hydrogen (secondary N) is 1. The Labute approximate surface area is 175 Å². The number of imidazole rings is 1. The van der Waals surface area contributed by atoms with Gasteiger partial charge in [0.1, 0.15) is 11.6 Å². The summed E-state index contributed by atoms with van der Waals surface area (Å²) in [6.07, 6.45) is 3.71. The molecule has 0 aliphatic carbocycles. The van der Waals surface area contributed by atoms with Crippen LogP contribution in [0, 0.1) is 13.8 Å². The first-order chi connectivity index (χ1) is 14.6. The molecule has 1 aromatic carbocycles. The smallest absolute Gasteiger partial charge is 0.255 e. The quantitative estimate of drug-likeness (QED) is 0.541. The van der Waals surface area contributed by atoms with E-state index in [4.69, 9.17) is 9.40 Å². The number of fused-ring (bicyclic) bond motifs is 1. The minimum absolute atomic E-state index is 0.106. The topological polar surface area (TPSA) is 67.1 Å². The number of carbonyl (C=O) groups is 1. The maximum atomic E-state index is 13.4. The number of aromatic nitrogens is 3. The van der Waals surface area contributed by atoms with E-state index in [1.54, 1.807) is 6.26 Å². The van der Waals surface area contributed by atoms with E-state index in [1.807, 2.05) is 61.2 Å². The van der Waals surface area contributed by atoms with Crippen molar-refractivity contribution in [2.24, 2.45) is 0 Å². The molecule has 3 aromatic heterocycles. The number of piperidine rings is 1. The summed E-state index contributed by atoms with van der Waals surface area (Å²) in [5, 5.41) is 0. The average Bonchev–Trinajstić information content (AvgIpc) is 3.49. The number of rotatable bonds is 4. The summed E-state index contributed by atoms with van der Waals surface area (Å²) < 4.78 is 7.64. The van der Waals surface area contributed by atoms with Gasteiger partial charge in [-0.1, -0.05) is 12.1 Å². The second-order valence-corrected chi connectivity index (χ2v) is 8.18. The average molecular weight is 402 g/mol. The number of hydrogen-bond donors (Lipinski definition) is 1. The monoisotopic (exact) mass is 402 g/mol. The maximum absolute atomic E-state index is 13.4. The van der Waals surface area contributed by atoms with Crippen molar-refractivity contribution in [3.63, 3.8) is 0 Å². The molecule has 0 saturated carbocycles. The van der Waals surface area contributed by atoms with E-state index in [0.29, 0.717) is 13.1 Å². The molecule has 0 radical (unpaired) electrons. The lowest BCUT2D eigenvalue weighted by Gasteiger charge is -2.32. The van der Waals surface area contributed by atoms with Crippen LogP contribution in [-0.2, 0) is 6.54 Å². The molecule has 1 saturated heterocycles. The summed E-state index contributed by atoms with van der Waals surface area (Å²) in [5.41, 5.74) is 4.87. The highest BCUT2D eigenvalue weighted by Gasteiger charge is 2.29. The molecule has 1 unspecified atom stereocenters. The normalized spacial score (nSPS) is 17.0. The molecule has 1 N–H and O–H groups in total. The lowest BCUT2D eigenvalue weighted by Crippen LogP contribution is -2.39. The summed E-state index contributed by atoms with van der Waals surface area (Å²) in [5.74, 6) is 2.21. The molecule has 1 amide bonds. The molecular formula is C24H26N4O2. The highest BCUT2D eigenvalue weighted by Crippen LogP contribution is 2.28. The molecule has 1 atom stereocenters. The van der Waals surface area contributed by atoms with Crippen LogP contribution >= 0.6 is 0 Å².